The normalized spacial score (nSPS) is 21.0. The number of morpholine rings is 1. The van der Waals surface area contributed by atoms with E-state index in [0.29, 0.717) is 40.6 Å². The van der Waals surface area contributed by atoms with Crippen molar-refractivity contribution in [3.05, 3.63) is 69.0 Å². The summed E-state index contributed by atoms with van der Waals surface area (Å²) in [5.74, 6) is 1.12. The third-order valence-electron chi connectivity index (χ3n) is 6.19. The van der Waals surface area contributed by atoms with Gasteiger partial charge in [0.1, 0.15) is 17.8 Å². The molecule has 5 rings (SSSR count). The maximum Gasteiger partial charge on any atom is 0.167 e. The Kier molecular flexibility index (Phi) is 5.84. The van der Waals surface area contributed by atoms with Crippen molar-refractivity contribution < 1.29 is 13.9 Å². The van der Waals surface area contributed by atoms with E-state index in [2.05, 4.69) is 15.1 Å². The van der Waals surface area contributed by atoms with E-state index in [0.717, 1.165) is 30.6 Å². The monoisotopic (exact) mass is 476 g/mol. The highest BCUT2D eigenvalue weighted by molar-refractivity contribution is 6.35. The first kappa shape index (κ1) is 21.6. The molecule has 3 aromatic rings. The lowest BCUT2D eigenvalue weighted by Crippen LogP contribution is -2.46. The van der Waals surface area contributed by atoms with Crippen molar-refractivity contribution in [2.75, 3.05) is 26.3 Å². The Morgan fingerprint density at radius 3 is 2.47 bits per heavy atom. The summed E-state index contributed by atoms with van der Waals surface area (Å²) in [7, 11) is 0. The Labute approximate surface area is 195 Å². The molecule has 0 N–H and O–H groups in total. The number of aryl methyl sites for hydroxylation is 2. The SMILES string of the molecule is Cc1nnc(C)n1-c1ccc(O[C@H]2c3cc(Cl)cc(Cl)c3C[C@@H]2N2CCOCC2)c(F)c1. The van der Waals surface area contributed by atoms with E-state index in [4.69, 9.17) is 32.7 Å². The van der Waals surface area contributed by atoms with Crippen LogP contribution in [0.3, 0.4) is 0 Å². The minimum absolute atomic E-state index is 0.0197. The van der Waals surface area contributed by atoms with Crippen molar-refractivity contribution in [1.29, 1.82) is 0 Å². The van der Waals surface area contributed by atoms with Crippen molar-refractivity contribution >= 4 is 23.2 Å². The number of nitrogens with zero attached hydrogens (tertiary/aromatic N) is 4. The molecule has 1 aliphatic carbocycles. The second-order valence-corrected chi connectivity index (χ2v) is 9.00. The van der Waals surface area contributed by atoms with Gasteiger partial charge in [-0.2, -0.15) is 0 Å². The predicted molar refractivity (Wildman–Crippen MR) is 121 cm³/mol. The molecular formula is C23H23Cl2FN4O2. The number of hydrogen-bond donors (Lipinski definition) is 0. The zero-order valence-corrected chi connectivity index (χ0v) is 19.3. The number of aromatic nitrogens is 3. The third kappa shape index (κ3) is 3.88. The molecule has 0 radical (unpaired) electrons. The fourth-order valence-electron chi connectivity index (χ4n) is 4.69. The van der Waals surface area contributed by atoms with Gasteiger partial charge in [0.25, 0.3) is 0 Å². The molecule has 0 saturated carbocycles. The minimum atomic E-state index is -0.447. The highest BCUT2D eigenvalue weighted by Crippen LogP contribution is 2.43. The van der Waals surface area contributed by atoms with Gasteiger partial charge in [0, 0.05) is 34.8 Å². The van der Waals surface area contributed by atoms with Crippen LogP contribution in [0.1, 0.15) is 28.9 Å². The molecule has 0 spiro atoms. The highest BCUT2D eigenvalue weighted by atomic mass is 35.5. The maximum atomic E-state index is 15.2. The average molecular weight is 477 g/mol. The molecule has 1 aromatic heterocycles. The summed E-state index contributed by atoms with van der Waals surface area (Å²) in [5.41, 5.74) is 2.57. The molecule has 1 saturated heterocycles. The van der Waals surface area contributed by atoms with E-state index in [1.807, 2.05) is 26.0 Å². The smallest absolute Gasteiger partial charge is 0.167 e. The molecule has 1 fully saturated rings. The lowest BCUT2D eigenvalue weighted by atomic mass is 10.1. The maximum absolute atomic E-state index is 15.2. The van der Waals surface area contributed by atoms with Gasteiger partial charge in [-0.1, -0.05) is 23.2 Å². The Balaban J connectivity index is 1.49. The fourth-order valence-corrected chi connectivity index (χ4v) is 5.28. The topological polar surface area (TPSA) is 52.4 Å². The zero-order chi connectivity index (χ0) is 22.4. The van der Waals surface area contributed by atoms with Crippen LogP contribution in [0.5, 0.6) is 5.75 Å². The fraction of sp³-hybridized carbons (Fsp3) is 0.391. The summed E-state index contributed by atoms with van der Waals surface area (Å²) in [6.45, 7) is 6.56. The highest BCUT2D eigenvalue weighted by Gasteiger charge is 2.40. The molecule has 2 atom stereocenters. The standard InChI is InChI=1S/C23H23Cl2FN4O2/c1-13-27-28-14(2)30(13)16-3-4-22(20(26)11-16)32-23-18-9-15(24)10-19(25)17(18)12-21(23)29-5-7-31-8-6-29/h3-4,9-11,21,23H,5-8,12H2,1-2H3/t21-,23-/m0/s1. The van der Waals surface area contributed by atoms with Gasteiger partial charge in [-0.3, -0.25) is 9.47 Å². The van der Waals surface area contributed by atoms with Crippen molar-refractivity contribution in [2.45, 2.75) is 32.4 Å². The largest absolute Gasteiger partial charge is 0.481 e. The molecule has 0 bridgehead atoms. The van der Waals surface area contributed by atoms with Crippen molar-refractivity contribution in [1.82, 2.24) is 19.7 Å². The summed E-state index contributed by atoms with van der Waals surface area (Å²) in [4.78, 5) is 2.33. The summed E-state index contributed by atoms with van der Waals surface area (Å²) < 4.78 is 28.8. The first-order valence-corrected chi connectivity index (χ1v) is 11.3. The van der Waals surface area contributed by atoms with E-state index in [1.54, 1.807) is 16.7 Å². The van der Waals surface area contributed by atoms with Gasteiger partial charge in [0.2, 0.25) is 0 Å². The molecule has 9 heteroatoms. The number of fused-ring (bicyclic) bond motifs is 1. The quantitative estimate of drug-likeness (QED) is 0.545. The van der Waals surface area contributed by atoms with Crippen LogP contribution < -0.4 is 4.74 Å². The molecule has 2 aliphatic rings. The number of benzene rings is 2. The van der Waals surface area contributed by atoms with Crippen LogP contribution >= 0.6 is 23.2 Å². The predicted octanol–water partition coefficient (Wildman–Crippen LogP) is 4.71. The van der Waals surface area contributed by atoms with Crippen LogP contribution in [-0.4, -0.2) is 52.0 Å². The van der Waals surface area contributed by atoms with Crippen molar-refractivity contribution in [3.63, 3.8) is 0 Å². The molecule has 2 aromatic carbocycles. The lowest BCUT2D eigenvalue weighted by molar-refractivity contribution is -0.0109. The van der Waals surface area contributed by atoms with E-state index in [9.17, 15) is 0 Å². The van der Waals surface area contributed by atoms with E-state index in [1.165, 1.54) is 6.07 Å². The summed E-state index contributed by atoms with van der Waals surface area (Å²) in [6, 6.07) is 8.56. The number of ether oxygens (including phenoxy) is 2. The molecule has 32 heavy (non-hydrogen) atoms. The number of rotatable bonds is 4. The van der Waals surface area contributed by atoms with Gasteiger partial charge < -0.3 is 9.47 Å². The molecular weight excluding hydrogens is 454 g/mol. The van der Waals surface area contributed by atoms with Gasteiger partial charge >= 0.3 is 0 Å². The van der Waals surface area contributed by atoms with Crippen LogP contribution in [0, 0.1) is 19.7 Å². The summed E-state index contributed by atoms with van der Waals surface area (Å²) in [6.07, 6.45) is 0.326. The minimum Gasteiger partial charge on any atom is -0.481 e. The molecule has 2 heterocycles. The Morgan fingerprint density at radius 1 is 1.06 bits per heavy atom. The Hall–Kier alpha value is -2.19. The van der Waals surface area contributed by atoms with Gasteiger partial charge in [-0.25, -0.2) is 4.39 Å². The zero-order valence-electron chi connectivity index (χ0n) is 17.8. The van der Waals surface area contributed by atoms with Gasteiger partial charge in [0.15, 0.2) is 11.6 Å². The van der Waals surface area contributed by atoms with Crippen LogP contribution in [0.25, 0.3) is 5.69 Å². The third-order valence-corrected chi connectivity index (χ3v) is 6.75. The van der Waals surface area contributed by atoms with Crippen LogP contribution in [0.15, 0.2) is 30.3 Å². The van der Waals surface area contributed by atoms with E-state index < -0.39 is 11.9 Å². The first-order chi connectivity index (χ1) is 15.4. The summed E-state index contributed by atoms with van der Waals surface area (Å²) >= 11 is 12.8. The Bertz CT molecular complexity index is 1140. The van der Waals surface area contributed by atoms with E-state index >= 15 is 4.39 Å². The van der Waals surface area contributed by atoms with Crippen molar-refractivity contribution in [3.8, 4) is 11.4 Å². The average Bonchev–Trinajstić information content (AvgIpc) is 3.30. The molecule has 0 unspecified atom stereocenters. The molecule has 168 valence electrons. The number of hydrogen-bond acceptors (Lipinski definition) is 5. The Morgan fingerprint density at radius 2 is 1.78 bits per heavy atom. The molecule has 0 amide bonds. The van der Waals surface area contributed by atoms with E-state index in [-0.39, 0.29) is 11.8 Å². The van der Waals surface area contributed by atoms with Gasteiger partial charge in [-0.15, -0.1) is 10.2 Å². The first-order valence-electron chi connectivity index (χ1n) is 10.6. The second kappa shape index (κ2) is 8.63. The molecule has 1 aliphatic heterocycles. The van der Waals surface area contributed by atoms with Crippen molar-refractivity contribution in [2.24, 2.45) is 0 Å². The van der Waals surface area contributed by atoms with Crippen LogP contribution in [-0.2, 0) is 11.2 Å². The number of halogens is 3. The van der Waals surface area contributed by atoms with Crippen LogP contribution in [0.2, 0.25) is 10.0 Å². The summed E-state index contributed by atoms with van der Waals surface area (Å²) in [5, 5.41) is 9.26. The second-order valence-electron chi connectivity index (χ2n) is 8.16. The van der Waals surface area contributed by atoms with Crippen LogP contribution in [0.4, 0.5) is 4.39 Å². The van der Waals surface area contributed by atoms with Gasteiger partial charge in [0.05, 0.1) is 24.9 Å². The lowest BCUT2D eigenvalue weighted by Gasteiger charge is -2.35. The molecule has 6 nitrogen and oxygen atoms in total. The van der Waals surface area contributed by atoms with Gasteiger partial charge in [-0.05, 0) is 50.1 Å².